The van der Waals surface area contributed by atoms with Crippen LogP contribution in [-0.4, -0.2) is 19.0 Å². The second-order valence-corrected chi connectivity index (χ2v) is 4.42. The number of nitrogens with two attached hydrogens (primary N) is 1. The van der Waals surface area contributed by atoms with E-state index in [1.54, 1.807) is 6.07 Å². The summed E-state index contributed by atoms with van der Waals surface area (Å²) in [5.74, 6) is 4.78. The van der Waals surface area contributed by atoms with Crippen molar-refractivity contribution in [2.24, 2.45) is 11.7 Å². The monoisotopic (exact) mass is 262 g/mol. The van der Waals surface area contributed by atoms with Crippen molar-refractivity contribution in [2.45, 2.75) is 20.3 Å². The second kappa shape index (κ2) is 7.55. The minimum absolute atomic E-state index is 0.0431. The van der Waals surface area contributed by atoms with Crippen molar-refractivity contribution < 1.29 is 9.18 Å². The Kier molecular flexibility index (Phi) is 6.04. The lowest BCUT2D eigenvalue weighted by atomic mass is 10.1. The Morgan fingerprint density at radius 3 is 2.84 bits per heavy atom. The summed E-state index contributed by atoms with van der Waals surface area (Å²) in [5, 5.41) is 2.72. The maximum atomic E-state index is 13.8. The lowest BCUT2D eigenvalue weighted by molar-refractivity contribution is 0.0944. The standard InChI is InChI=1S/C15H19FN2O/c1-3-11(2)10-18-15(19)13-7-6-12(5-4-8-17)9-14(13)16/h6-7,9,11H,3,8,10,17H2,1-2H3,(H,18,19). The van der Waals surface area contributed by atoms with Crippen LogP contribution in [0.4, 0.5) is 4.39 Å². The van der Waals surface area contributed by atoms with E-state index < -0.39 is 11.7 Å². The molecule has 19 heavy (non-hydrogen) atoms. The zero-order chi connectivity index (χ0) is 14.3. The maximum absolute atomic E-state index is 13.8. The van der Waals surface area contributed by atoms with E-state index in [9.17, 15) is 9.18 Å². The zero-order valence-electron chi connectivity index (χ0n) is 11.3. The highest BCUT2D eigenvalue weighted by atomic mass is 19.1. The second-order valence-electron chi connectivity index (χ2n) is 4.42. The van der Waals surface area contributed by atoms with Crippen LogP contribution < -0.4 is 11.1 Å². The fourth-order valence-electron chi connectivity index (χ4n) is 1.44. The molecule has 0 fully saturated rings. The molecule has 0 saturated heterocycles. The van der Waals surface area contributed by atoms with Gasteiger partial charge in [-0.15, -0.1) is 0 Å². The lowest BCUT2D eigenvalue weighted by Crippen LogP contribution is -2.28. The fraction of sp³-hybridized carbons (Fsp3) is 0.400. The summed E-state index contributed by atoms with van der Waals surface area (Å²) in [7, 11) is 0. The first-order valence-corrected chi connectivity index (χ1v) is 6.35. The van der Waals surface area contributed by atoms with Gasteiger partial charge in [0.25, 0.3) is 5.91 Å². The predicted octanol–water partition coefficient (Wildman–Crippen LogP) is 1.91. The van der Waals surface area contributed by atoms with Crippen LogP contribution in [0.25, 0.3) is 0 Å². The van der Waals surface area contributed by atoms with Crippen molar-refractivity contribution in [3.63, 3.8) is 0 Å². The smallest absolute Gasteiger partial charge is 0.254 e. The number of halogens is 1. The number of amides is 1. The SMILES string of the molecule is CCC(C)CNC(=O)c1ccc(C#CCN)cc1F. The highest BCUT2D eigenvalue weighted by Crippen LogP contribution is 2.10. The van der Waals surface area contributed by atoms with Crippen LogP contribution in [-0.2, 0) is 0 Å². The Balaban J connectivity index is 2.76. The number of hydrogen-bond donors (Lipinski definition) is 2. The minimum Gasteiger partial charge on any atom is -0.352 e. The molecule has 0 aliphatic carbocycles. The lowest BCUT2D eigenvalue weighted by Gasteiger charge is -2.10. The average molecular weight is 262 g/mol. The molecular weight excluding hydrogens is 243 g/mol. The molecule has 3 nitrogen and oxygen atoms in total. The molecule has 0 spiro atoms. The van der Waals surface area contributed by atoms with Crippen molar-refractivity contribution in [1.29, 1.82) is 0 Å². The van der Waals surface area contributed by atoms with E-state index >= 15 is 0 Å². The van der Waals surface area contributed by atoms with Crippen LogP contribution >= 0.6 is 0 Å². The Hall–Kier alpha value is -1.86. The van der Waals surface area contributed by atoms with E-state index in [2.05, 4.69) is 17.2 Å². The largest absolute Gasteiger partial charge is 0.352 e. The third-order valence-electron chi connectivity index (χ3n) is 2.86. The molecule has 4 heteroatoms. The van der Waals surface area contributed by atoms with Gasteiger partial charge in [-0.3, -0.25) is 4.79 Å². The number of carbonyl (C=O) groups excluding carboxylic acids is 1. The Bertz CT molecular complexity index is 503. The molecular formula is C15H19FN2O. The summed E-state index contributed by atoms with van der Waals surface area (Å²) >= 11 is 0. The Labute approximate surface area is 113 Å². The molecule has 102 valence electrons. The van der Waals surface area contributed by atoms with E-state index in [0.29, 0.717) is 18.0 Å². The third kappa shape index (κ3) is 4.72. The van der Waals surface area contributed by atoms with Gasteiger partial charge in [-0.1, -0.05) is 32.1 Å². The number of hydrogen-bond acceptors (Lipinski definition) is 2. The Morgan fingerprint density at radius 2 is 2.26 bits per heavy atom. The van der Waals surface area contributed by atoms with E-state index in [4.69, 9.17) is 5.73 Å². The topological polar surface area (TPSA) is 55.1 Å². The molecule has 0 saturated carbocycles. The third-order valence-corrected chi connectivity index (χ3v) is 2.86. The van der Waals surface area contributed by atoms with Gasteiger partial charge in [0.1, 0.15) is 5.82 Å². The van der Waals surface area contributed by atoms with Gasteiger partial charge in [0.2, 0.25) is 0 Å². The number of benzene rings is 1. The summed E-state index contributed by atoms with van der Waals surface area (Å²) in [5.41, 5.74) is 5.80. The Morgan fingerprint density at radius 1 is 1.53 bits per heavy atom. The molecule has 1 unspecified atom stereocenters. The molecule has 0 radical (unpaired) electrons. The van der Waals surface area contributed by atoms with Crippen molar-refractivity contribution in [3.8, 4) is 11.8 Å². The highest BCUT2D eigenvalue weighted by molar-refractivity contribution is 5.94. The van der Waals surface area contributed by atoms with Gasteiger partial charge in [-0.2, -0.15) is 0 Å². The first-order valence-electron chi connectivity index (χ1n) is 6.35. The summed E-state index contributed by atoms with van der Waals surface area (Å²) in [6.07, 6.45) is 0.969. The van der Waals surface area contributed by atoms with Gasteiger partial charge in [0.05, 0.1) is 12.1 Å². The van der Waals surface area contributed by atoms with Crippen LogP contribution in [0.2, 0.25) is 0 Å². The van der Waals surface area contributed by atoms with E-state index in [1.807, 2.05) is 13.8 Å². The molecule has 1 aromatic carbocycles. The van der Waals surface area contributed by atoms with E-state index in [-0.39, 0.29) is 12.1 Å². The van der Waals surface area contributed by atoms with Gasteiger partial charge < -0.3 is 11.1 Å². The summed E-state index contributed by atoms with van der Waals surface area (Å²) in [6.45, 7) is 4.84. The van der Waals surface area contributed by atoms with Crippen molar-refractivity contribution >= 4 is 5.91 Å². The molecule has 0 bridgehead atoms. The van der Waals surface area contributed by atoms with E-state index in [0.717, 1.165) is 6.42 Å². The molecule has 1 aromatic rings. The summed E-state index contributed by atoms with van der Waals surface area (Å²) in [6, 6.07) is 4.31. The number of nitrogens with one attached hydrogen (secondary N) is 1. The van der Waals surface area contributed by atoms with Crippen molar-refractivity contribution in [2.75, 3.05) is 13.1 Å². The quantitative estimate of drug-likeness (QED) is 0.814. The van der Waals surface area contributed by atoms with Gasteiger partial charge in [0, 0.05) is 12.1 Å². The predicted molar refractivity (Wildman–Crippen MR) is 74.1 cm³/mol. The summed E-state index contributed by atoms with van der Waals surface area (Å²) in [4.78, 5) is 11.8. The van der Waals surface area contributed by atoms with Gasteiger partial charge in [-0.25, -0.2) is 4.39 Å². The molecule has 3 N–H and O–H groups in total. The summed E-state index contributed by atoms with van der Waals surface area (Å²) < 4.78 is 13.8. The van der Waals surface area contributed by atoms with Gasteiger partial charge >= 0.3 is 0 Å². The van der Waals surface area contributed by atoms with Crippen LogP contribution in [0.15, 0.2) is 18.2 Å². The minimum atomic E-state index is -0.564. The number of carbonyl (C=O) groups is 1. The maximum Gasteiger partial charge on any atom is 0.254 e. The van der Waals surface area contributed by atoms with Crippen LogP contribution in [0, 0.1) is 23.6 Å². The first-order chi connectivity index (χ1) is 9.08. The molecule has 0 aliphatic rings. The fourth-order valence-corrected chi connectivity index (χ4v) is 1.44. The average Bonchev–Trinajstić information content (AvgIpc) is 2.42. The number of rotatable bonds is 4. The molecule has 1 atom stereocenters. The van der Waals surface area contributed by atoms with Gasteiger partial charge in [0.15, 0.2) is 0 Å². The van der Waals surface area contributed by atoms with Crippen LogP contribution in [0.3, 0.4) is 0 Å². The molecule has 0 aliphatic heterocycles. The molecule has 0 heterocycles. The van der Waals surface area contributed by atoms with Gasteiger partial charge in [-0.05, 0) is 24.1 Å². The molecule has 1 amide bonds. The molecule has 1 rings (SSSR count). The first kappa shape index (κ1) is 15.2. The van der Waals surface area contributed by atoms with Crippen molar-refractivity contribution in [3.05, 3.63) is 35.1 Å². The zero-order valence-corrected chi connectivity index (χ0v) is 11.3. The normalized spacial score (nSPS) is 11.4. The van der Waals surface area contributed by atoms with Crippen LogP contribution in [0.5, 0.6) is 0 Å². The molecule has 0 aromatic heterocycles. The highest BCUT2D eigenvalue weighted by Gasteiger charge is 2.12. The van der Waals surface area contributed by atoms with E-state index in [1.165, 1.54) is 12.1 Å². The van der Waals surface area contributed by atoms with Crippen molar-refractivity contribution in [1.82, 2.24) is 5.32 Å². The van der Waals surface area contributed by atoms with Crippen LogP contribution in [0.1, 0.15) is 36.2 Å².